The molecule has 0 saturated heterocycles. The topological polar surface area (TPSA) is 194 Å². The Morgan fingerprint density at radius 3 is 1.81 bits per heavy atom. The van der Waals surface area contributed by atoms with E-state index >= 15 is 0 Å². The first-order chi connectivity index (χ1) is 30.8. The number of aliphatic hydroxyl groups excluding tert-OH is 1. The van der Waals surface area contributed by atoms with Gasteiger partial charge >= 0.3 is 0 Å². The minimum Gasteiger partial charge on any atom is -0.506 e. The van der Waals surface area contributed by atoms with E-state index in [1.807, 2.05) is 97.1 Å². The summed E-state index contributed by atoms with van der Waals surface area (Å²) < 4.78 is 70.3. The molecule has 13 rings (SSSR count). The van der Waals surface area contributed by atoms with E-state index in [0.29, 0.717) is 49.7 Å². The summed E-state index contributed by atoms with van der Waals surface area (Å²) in [6.45, 7) is 0. The number of benzene rings is 8. The van der Waals surface area contributed by atoms with Crippen molar-refractivity contribution in [3.8, 4) is 22.3 Å². The molecule has 2 heterocycles. The average Bonchev–Trinajstić information content (AvgIpc) is 3.69. The van der Waals surface area contributed by atoms with Crippen molar-refractivity contribution in [1.29, 1.82) is 0 Å². The second kappa shape index (κ2) is 12.1. The molecule has 8 aromatic carbocycles. The Hall–Kier alpha value is -7.62. The lowest BCUT2D eigenvalue weighted by molar-refractivity contribution is -0.109. The van der Waals surface area contributed by atoms with Gasteiger partial charge in [-0.1, -0.05) is 109 Å². The summed E-state index contributed by atoms with van der Waals surface area (Å²) >= 11 is 0. The van der Waals surface area contributed by atoms with E-state index in [1.54, 1.807) is 24.3 Å². The number of allylic oxidation sites excluding steroid dienone is 2. The lowest BCUT2D eigenvalue weighted by atomic mass is 9.79. The number of anilines is 3. The molecule has 0 bridgehead atoms. The van der Waals surface area contributed by atoms with Crippen LogP contribution in [0.4, 0.5) is 17.1 Å². The van der Waals surface area contributed by atoms with Crippen LogP contribution in [0.5, 0.6) is 0 Å². The first-order valence-corrected chi connectivity index (χ1v) is 23.1. The molecule has 0 radical (unpaired) electrons. The van der Waals surface area contributed by atoms with Crippen molar-refractivity contribution in [2.24, 2.45) is 4.99 Å². The number of aliphatic hydroxyl groups is 1. The lowest BCUT2D eigenvalue weighted by Crippen LogP contribution is -2.45. The average molecular weight is 879 g/mol. The van der Waals surface area contributed by atoms with E-state index < -0.39 is 37.3 Å². The Morgan fingerprint density at radius 1 is 0.500 bits per heavy atom. The van der Waals surface area contributed by atoms with Crippen molar-refractivity contribution < 1.29 is 35.8 Å². The molecule has 0 aromatic heterocycles. The zero-order valence-corrected chi connectivity index (χ0v) is 34.6. The van der Waals surface area contributed by atoms with Gasteiger partial charge in [0.15, 0.2) is 11.3 Å². The number of fused-ring (bicyclic) bond motifs is 10. The molecule has 0 saturated carbocycles. The molecule has 14 heteroatoms. The first-order valence-electron chi connectivity index (χ1n) is 20.3. The van der Waals surface area contributed by atoms with Crippen LogP contribution in [-0.2, 0) is 36.4 Å². The highest BCUT2D eigenvalue weighted by molar-refractivity contribution is 7.86. The molecule has 5 aliphatic rings. The molecule has 0 amide bonds. The van der Waals surface area contributed by atoms with E-state index in [0.717, 1.165) is 49.5 Å². The minimum absolute atomic E-state index is 0.0722. The number of hydrogen-bond acceptors (Lipinski definition) is 10. The molecule has 12 nitrogen and oxygen atoms in total. The second-order valence-corrected chi connectivity index (χ2v) is 19.4. The molecule has 2 atom stereocenters. The third-order valence-electron chi connectivity index (χ3n) is 13.4. The number of rotatable bonds is 3. The van der Waals surface area contributed by atoms with Gasteiger partial charge in [0.25, 0.3) is 20.2 Å². The van der Waals surface area contributed by atoms with Gasteiger partial charge in [0.2, 0.25) is 5.78 Å². The standard InChI is InChI=1S/C50H30N4O8S2/c55-47-43(33-19-15-25-7-5-13-39-41(25)45(33)53-49(51-39)35-11-3-1-9-29(35)31-21-17-27(23-37(31)49)63(57,58)59)48(56)44(47)34-20-16-26-8-6-14-40-42(26)46(34)54-50(52-40)36-12-4-2-10-30(36)32-22-18-28(24-38(32)50)64(60,61)62/h1-24,51,53-55H,(H,57,58,59)(H,60,61,62)/b44-34+. The van der Waals surface area contributed by atoms with Crippen LogP contribution >= 0.6 is 0 Å². The number of ketones is 1. The summed E-state index contributed by atoms with van der Waals surface area (Å²) in [6, 6.07) is 42.9. The second-order valence-electron chi connectivity index (χ2n) is 16.6. The van der Waals surface area contributed by atoms with E-state index in [4.69, 9.17) is 4.99 Å². The van der Waals surface area contributed by atoms with Crippen LogP contribution in [0.2, 0.25) is 0 Å². The van der Waals surface area contributed by atoms with Crippen LogP contribution in [-0.4, -0.2) is 36.8 Å². The third-order valence-corrected chi connectivity index (χ3v) is 15.1. The van der Waals surface area contributed by atoms with Crippen LogP contribution in [0.1, 0.15) is 27.8 Å². The summed E-state index contributed by atoms with van der Waals surface area (Å²) in [5.74, 6) is -0.658. The summed E-state index contributed by atoms with van der Waals surface area (Å²) in [5, 5.41) is 27.4. The van der Waals surface area contributed by atoms with Crippen LogP contribution in [0.25, 0.3) is 54.9 Å². The van der Waals surface area contributed by atoms with Gasteiger partial charge in [-0.2, -0.15) is 16.8 Å². The maximum absolute atomic E-state index is 15.0. The van der Waals surface area contributed by atoms with Crippen LogP contribution in [0, 0.1) is 0 Å². The highest BCUT2D eigenvalue weighted by atomic mass is 32.2. The van der Waals surface area contributed by atoms with E-state index in [1.165, 1.54) is 24.3 Å². The van der Waals surface area contributed by atoms with Gasteiger partial charge in [-0.3, -0.25) is 13.9 Å². The zero-order valence-electron chi connectivity index (χ0n) is 33.0. The predicted octanol–water partition coefficient (Wildman–Crippen LogP) is 7.84. The zero-order chi connectivity index (χ0) is 43.7. The largest absolute Gasteiger partial charge is 0.506 e. The van der Waals surface area contributed by atoms with Crippen molar-refractivity contribution in [3.63, 3.8) is 0 Å². The molecule has 2 aliphatic heterocycles. The molecule has 8 aromatic rings. The Morgan fingerprint density at radius 2 is 1.09 bits per heavy atom. The highest BCUT2D eigenvalue weighted by Crippen LogP contribution is 2.56. The maximum Gasteiger partial charge on any atom is 0.294 e. The number of carbonyl (C=O) groups is 1. The van der Waals surface area contributed by atoms with Gasteiger partial charge in [-0.25, -0.2) is 4.99 Å². The normalized spacial score (nSPS) is 20.5. The van der Waals surface area contributed by atoms with Crippen molar-refractivity contribution in [1.82, 2.24) is 0 Å². The van der Waals surface area contributed by atoms with Crippen LogP contribution < -0.4 is 26.5 Å². The monoisotopic (exact) mass is 878 g/mol. The SMILES string of the molecule is O=C1C(c2ccc3cccc4c3c2NC2(N4)c3ccccc3-c3ccc(S(=O)(=O)O)cc32)=C(O)/C1=c1/ccc2cccc3c2c1NC1(N=3)c2ccccc2-c2ccc(S(=O)(=O)O)cc21. The minimum atomic E-state index is -4.60. The molecule has 2 spiro atoms. The van der Waals surface area contributed by atoms with Crippen molar-refractivity contribution >= 4 is 75.8 Å². The summed E-state index contributed by atoms with van der Waals surface area (Å²) in [5.41, 5.74) is 5.35. The number of Topliss-reactive ketones (excluding diaryl/α,β-unsaturated/α-hetero) is 1. The van der Waals surface area contributed by atoms with E-state index in [9.17, 15) is 35.8 Å². The number of carbonyl (C=O) groups excluding carboxylic acids is 1. The van der Waals surface area contributed by atoms with Gasteiger partial charge in [-0.05, 0) is 69.4 Å². The summed E-state index contributed by atoms with van der Waals surface area (Å²) in [6.07, 6.45) is 0. The Bertz CT molecular complexity index is 4000. The predicted molar refractivity (Wildman–Crippen MR) is 242 cm³/mol. The van der Waals surface area contributed by atoms with Crippen molar-refractivity contribution in [3.05, 3.63) is 190 Å². The van der Waals surface area contributed by atoms with E-state index in [2.05, 4.69) is 16.0 Å². The molecule has 64 heavy (non-hydrogen) atoms. The van der Waals surface area contributed by atoms with Crippen molar-refractivity contribution in [2.75, 3.05) is 16.0 Å². The Kier molecular flexibility index (Phi) is 6.99. The molecule has 6 N–H and O–H groups in total. The van der Waals surface area contributed by atoms with Gasteiger partial charge in [-0.15, -0.1) is 0 Å². The fraction of sp³-hybridized carbons (Fsp3) is 0.0400. The van der Waals surface area contributed by atoms with Gasteiger partial charge in [0, 0.05) is 49.5 Å². The Balaban J connectivity index is 1.03. The molecular formula is C50H30N4O8S2. The van der Waals surface area contributed by atoms with E-state index in [-0.39, 0.29) is 26.7 Å². The molecular weight excluding hydrogens is 849 g/mol. The molecule has 0 fully saturated rings. The number of nitrogens with zero attached hydrogens (tertiary/aromatic N) is 1. The lowest BCUT2D eigenvalue weighted by Gasteiger charge is -2.41. The quantitative estimate of drug-likeness (QED) is 0.0948. The van der Waals surface area contributed by atoms with Gasteiger partial charge < -0.3 is 21.1 Å². The van der Waals surface area contributed by atoms with Crippen molar-refractivity contribution in [2.45, 2.75) is 21.1 Å². The molecule has 2 unspecified atom stereocenters. The summed E-state index contributed by atoms with van der Waals surface area (Å²) in [4.78, 5) is 19.7. The Labute approximate surface area is 364 Å². The van der Waals surface area contributed by atoms with Crippen LogP contribution in [0.15, 0.2) is 166 Å². The molecule has 3 aliphatic carbocycles. The number of nitrogens with one attached hydrogen (secondary N) is 3. The van der Waals surface area contributed by atoms with Crippen LogP contribution in [0.3, 0.4) is 0 Å². The smallest absolute Gasteiger partial charge is 0.294 e. The van der Waals surface area contributed by atoms with Gasteiger partial charge in [0.1, 0.15) is 5.76 Å². The first kappa shape index (κ1) is 37.0. The third kappa shape index (κ3) is 4.66. The fourth-order valence-electron chi connectivity index (χ4n) is 10.7. The summed E-state index contributed by atoms with van der Waals surface area (Å²) in [7, 11) is -9.18. The highest BCUT2D eigenvalue weighted by Gasteiger charge is 2.49. The van der Waals surface area contributed by atoms with Gasteiger partial charge in [0.05, 0.1) is 37.7 Å². The maximum atomic E-state index is 15.0. The number of hydrogen-bond donors (Lipinski definition) is 6. The molecule has 310 valence electrons. The fourth-order valence-corrected chi connectivity index (χ4v) is 11.7.